The number of hydrogen-bond acceptors (Lipinski definition) is 10. The maximum atomic E-state index is 14.2. The largest absolute Gasteiger partial charge is 0.458 e. The molecule has 1 aromatic rings. The highest BCUT2D eigenvalue weighted by Gasteiger charge is 2.52. The zero-order chi connectivity index (χ0) is 34.0. The van der Waals surface area contributed by atoms with Crippen molar-refractivity contribution in [1.29, 1.82) is 0 Å². The predicted molar refractivity (Wildman–Crippen MR) is 174 cm³/mol. The molecule has 0 spiro atoms. The van der Waals surface area contributed by atoms with Gasteiger partial charge in [-0.15, -0.1) is 0 Å². The molecule has 0 aliphatic carbocycles. The summed E-state index contributed by atoms with van der Waals surface area (Å²) >= 11 is 0. The third kappa shape index (κ3) is 8.05. The molecule has 4 heterocycles. The van der Waals surface area contributed by atoms with Gasteiger partial charge in [-0.25, -0.2) is 4.58 Å². The second kappa shape index (κ2) is 14.9. The molecule has 0 bridgehead atoms. The van der Waals surface area contributed by atoms with Crippen molar-refractivity contribution < 1.29 is 38.2 Å². The van der Waals surface area contributed by atoms with E-state index in [0.29, 0.717) is 19.4 Å². The first-order valence-electron chi connectivity index (χ1n) is 16.7. The maximum absolute atomic E-state index is 14.2. The van der Waals surface area contributed by atoms with Crippen LogP contribution in [0.4, 0.5) is 0 Å². The van der Waals surface area contributed by atoms with E-state index in [4.69, 9.17) is 18.9 Å². The molecule has 0 amide bonds. The Morgan fingerprint density at radius 2 is 1.80 bits per heavy atom. The molecule has 9 atom stereocenters. The highest BCUT2D eigenvalue weighted by Crippen LogP contribution is 2.38. The molecule has 3 aliphatic heterocycles. The number of pyridine rings is 1. The first kappa shape index (κ1) is 36.6. The molecule has 3 fully saturated rings. The number of likely N-dealkylation sites (N-methyl/N-ethyl adjacent to an activating group) is 1. The van der Waals surface area contributed by atoms with Crippen LogP contribution in [0, 0.1) is 23.2 Å². The third-order valence-corrected chi connectivity index (χ3v) is 10.5. The summed E-state index contributed by atoms with van der Waals surface area (Å²) in [4.78, 5) is 36.3. The number of methoxy groups -OCH3 is 1. The molecule has 0 radical (unpaired) electrons. The Hall–Kier alpha value is -2.28. The zero-order valence-electron chi connectivity index (χ0n) is 29.3. The molecule has 1 N–H and O–H groups in total. The molecular formula is C35H57N4O7+. The Bertz CT molecular complexity index is 1210. The number of carbonyl (C=O) groups is 2. The van der Waals surface area contributed by atoms with E-state index >= 15 is 0 Å². The Kier molecular flexibility index (Phi) is 11.8. The van der Waals surface area contributed by atoms with Crippen LogP contribution in [0.2, 0.25) is 0 Å². The number of likely N-dealkylation sites (tertiary alicyclic amines) is 1. The van der Waals surface area contributed by atoms with Crippen molar-refractivity contribution >= 4 is 18.5 Å². The van der Waals surface area contributed by atoms with Crippen LogP contribution in [0.1, 0.15) is 59.9 Å². The summed E-state index contributed by atoms with van der Waals surface area (Å²) in [5.41, 5.74) is -1.18. The summed E-state index contributed by atoms with van der Waals surface area (Å²) in [6.45, 7) is 18.8. The molecule has 46 heavy (non-hydrogen) atoms. The van der Waals surface area contributed by atoms with Crippen molar-refractivity contribution in [3.63, 3.8) is 0 Å². The van der Waals surface area contributed by atoms with Crippen molar-refractivity contribution in [2.75, 3.05) is 47.4 Å². The monoisotopic (exact) mass is 645 g/mol. The Morgan fingerprint density at radius 3 is 2.41 bits per heavy atom. The molecule has 258 valence electrons. The number of esters is 1. The normalized spacial score (nSPS) is 37.2. The van der Waals surface area contributed by atoms with E-state index < -0.39 is 41.4 Å². The summed E-state index contributed by atoms with van der Waals surface area (Å²) in [6, 6.07) is 3.75. The lowest BCUT2D eigenvalue weighted by molar-refractivity contribution is -0.579. The van der Waals surface area contributed by atoms with Crippen LogP contribution in [0.5, 0.6) is 0 Å². The lowest BCUT2D eigenvalue weighted by Crippen LogP contribution is -2.59. The second-order valence-corrected chi connectivity index (χ2v) is 15.0. The van der Waals surface area contributed by atoms with Gasteiger partial charge in [0.15, 0.2) is 24.7 Å². The van der Waals surface area contributed by atoms with Crippen LogP contribution in [-0.2, 0) is 35.1 Å². The number of ether oxygens (including phenoxy) is 4. The first-order valence-corrected chi connectivity index (χ1v) is 16.7. The molecule has 11 nitrogen and oxygen atoms in total. The third-order valence-electron chi connectivity index (χ3n) is 10.5. The van der Waals surface area contributed by atoms with Gasteiger partial charge in [0, 0.05) is 62.9 Å². The van der Waals surface area contributed by atoms with Gasteiger partial charge < -0.3 is 29.0 Å². The molecule has 3 aliphatic rings. The van der Waals surface area contributed by atoms with Crippen molar-refractivity contribution in [2.24, 2.45) is 23.2 Å². The fourth-order valence-corrected chi connectivity index (χ4v) is 7.61. The van der Waals surface area contributed by atoms with E-state index in [0.717, 1.165) is 19.6 Å². The Morgan fingerprint density at radius 1 is 1.15 bits per heavy atom. The molecule has 4 rings (SSSR count). The van der Waals surface area contributed by atoms with Crippen LogP contribution in [-0.4, -0.2) is 133 Å². The van der Waals surface area contributed by atoms with E-state index in [1.54, 1.807) is 40.3 Å². The van der Waals surface area contributed by atoms with Crippen molar-refractivity contribution in [1.82, 2.24) is 14.8 Å². The number of rotatable bonds is 7. The molecular weight excluding hydrogens is 588 g/mol. The van der Waals surface area contributed by atoms with Crippen LogP contribution in [0.3, 0.4) is 0 Å². The number of cyclic esters (lactones) is 1. The number of hydrogen-bond donors (Lipinski definition) is 1. The summed E-state index contributed by atoms with van der Waals surface area (Å²) < 4.78 is 27.0. The standard InChI is InChI=1S/C35H57N4O7/c1-22-16-35(6,43-10)31(46-32-29(40)27(37(7)8)15-23(2)45-32)24(3)30(41)34(4,5)33(42)44-21-28(38(9)17-22)26-19-39(20-26)18-25-11-13-36-14-12-25/h11-14,22-24,26-29,31-32,40H,9,15-21H2,1-8,10H3/q+1/t22-,23-,24+,27+,28+,29-,31-,32+,35-/m1/s1. The highest BCUT2D eigenvalue weighted by molar-refractivity contribution is 6.04. The van der Waals surface area contributed by atoms with E-state index in [1.807, 2.05) is 49.6 Å². The number of aliphatic hydroxyl groups excluding tert-OH is 1. The summed E-state index contributed by atoms with van der Waals surface area (Å²) in [5, 5.41) is 11.3. The van der Waals surface area contributed by atoms with E-state index in [2.05, 4.69) is 23.5 Å². The van der Waals surface area contributed by atoms with Crippen LogP contribution < -0.4 is 0 Å². The lowest BCUT2D eigenvalue weighted by atomic mass is 9.74. The number of aromatic nitrogens is 1. The van der Waals surface area contributed by atoms with Gasteiger partial charge in [-0.2, -0.15) is 0 Å². The van der Waals surface area contributed by atoms with E-state index in [-0.39, 0.29) is 42.4 Å². The SMILES string of the molecule is C=[N+]1C[C@H](C)C[C@@](C)(OC)[C@H](O[C@@H]2O[C@H](C)C[C@H](N(C)C)[C@H]2O)[C@@H](C)C(=O)C(C)(C)C(=O)OC[C@H]1C1CN(Cc2ccncc2)C1. The Labute approximate surface area is 275 Å². The fraction of sp³-hybridized carbons (Fsp3) is 0.771. The minimum atomic E-state index is -1.44. The lowest BCUT2D eigenvalue weighted by Gasteiger charge is -2.47. The van der Waals surface area contributed by atoms with Gasteiger partial charge >= 0.3 is 5.97 Å². The van der Waals surface area contributed by atoms with Crippen LogP contribution in [0.15, 0.2) is 24.5 Å². The molecule has 3 saturated heterocycles. The molecule has 0 saturated carbocycles. The van der Waals surface area contributed by atoms with E-state index in [9.17, 15) is 14.7 Å². The summed E-state index contributed by atoms with van der Waals surface area (Å²) in [5.74, 6) is -1.32. The van der Waals surface area contributed by atoms with Gasteiger partial charge in [0.1, 0.15) is 24.8 Å². The molecule has 11 heteroatoms. The number of aliphatic hydroxyl groups is 1. The van der Waals surface area contributed by atoms with Gasteiger partial charge in [0.05, 0.1) is 17.8 Å². The van der Waals surface area contributed by atoms with Crippen LogP contribution >= 0.6 is 0 Å². The topological polar surface area (TPSA) is 114 Å². The van der Waals surface area contributed by atoms with Gasteiger partial charge in [-0.05, 0) is 72.3 Å². The molecule has 1 aromatic heterocycles. The Balaban J connectivity index is 1.59. The predicted octanol–water partition coefficient (Wildman–Crippen LogP) is 2.63. The first-order chi connectivity index (χ1) is 21.6. The maximum Gasteiger partial charge on any atom is 0.319 e. The highest BCUT2D eigenvalue weighted by atomic mass is 16.7. The average molecular weight is 646 g/mol. The second-order valence-electron chi connectivity index (χ2n) is 15.0. The molecule has 0 unspecified atom stereocenters. The number of ketones is 1. The number of nitrogens with zero attached hydrogens (tertiary/aromatic N) is 4. The number of carbonyl (C=O) groups excluding carboxylic acids is 2. The molecule has 0 aromatic carbocycles. The zero-order valence-corrected chi connectivity index (χ0v) is 29.3. The quantitative estimate of drug-likeness (QED) is 0.270. The van der Waals surface area contributed by atoms with E-state index in [1.165, 1.54) is 5.56 Å². The minimum absolute atomic E-state index is 0.0847. The van der Waals surface area contributed by atoms with Crippen molar-refractivity contribution in [3.05, 3.63) is 30.1 Å². The minimum Gasteiger partial charge on any atom is -0.458 e. The van der Waals surface area contributed by atoms with Gasteiger partial charge in [-0.3, -0.25) is 19.5 Å². The van der Waals surface area contributed by atoms with Crippen molar-refractivity contribution in [3.8, 4) is 0 Å². The number of Topliss-reactive ketones (excluding diaryl/α,β-unsaturated/α-hetero) is 1. The fourth-order valence-electron chi connectivity index (χ4n) is 7.61. The van der Waals surface area contributed by atoms with Gasteiger partial charge in [0.2, 0.25) is 0 Å². The van der Waals surface area contributed by atoms with Crippen LogP contribution in [0.25, 0.3) is 0 Å². The smallest absolute Gasteiger partial charge is 0.319 e. The van der Waals surface area contributed by atoms with Gasteiger partial charge in [0.25, 0.3) is 0 Å². The van der Waals surface area contributed by atoms with Gasteiger partial charge in [-0.1, -0.05) is 13.8 Å². The average Bonchev–Trinajstić information content (AvgIpc) is 2.98. The summed E-state index contributed by atoms with van der Waals surface area (Å²) in [7, 11) is 5.46. The summed E-state index contributed by atoms with van der Waals surface area (Å²) in [6.07, 6.45) is 1.90. The van der Waals surface area contributed by atoms with Crippen molar-refractivity contribution in [2.45, 2.75) is 103 Å².